The lowest BCUT2D eigenvalue weighted by atomic mass is 10.0. The van der Waals surface area contributed by atoms with Gasteiger partial charge in [0.05, 0.1) is 6.61 Å². The Bertz CT molecular complexity index is 617. The summed E-state index contributed by atoms with van der Waals surface area (Å²) >= 11 is 0. The number of ether oxygens (including phenoxy) is 1. The molecule has 0 radical (unpaired) electrons. The normalized spacial score (nSPS) is 11.3. The van der Waals surface area contributed by atoms with Gasteiger partial charge in [-0.1, -0.05) is 12.1 Å². The quantitative estimate of drug-likeness (QED) is 0.686. The third kappa shape index (κ3) is 2.52. The molecule has 0 atom stereocenters. The zero-order chi connectivity index (χ0) is 14.8. The number of carbonyl (C=O) groups excluding carboxylic acids is 1. The van der Waals surface area contributed by atoms with Crippen molar-refractivity contribution in [2.24, 2.45) is 0 Å². The summed E-state index contributed by atoms with van der Waals surface area (Å²) in [4.78, 5) is 16.5. The zero-order valence-electron chi connectivity index (χ0n) is 12.0. The van der Waals surface area contributed by atoms with Gasteiger partial charge in [0.25, 0.3) is 0 Å². The fourth-order valence-corrected chi connectivity index (χ4v) is 2.05. The van der Waals surface area contributed by atoms with E-state index in [1.165, 1.54) is 0 Å². The molecular weight excluding hydrogens is 254 g/mol. The first kappa shape index (κ1) is 14.1. The van der Waals surface area contributed by atoms with Crippen molar-refractivity contribution in [2.75, 3.05) is 12.3 Å². The van der Waals surface area contributed by atoms with Crippen LogP contribution in [-0.2, 0) is 15.1 Å². The molecule has 0 aliphatic rings. The van der Waals surface area contributed by atoms with Crippen molar-refractivity contribution in [3.63, 3.8) is 0 Å². The number of anilines is 1. The van der Waals surface area contributed by atoms with E-state index < -0.39 is 5.54 Å². The van der Waals surface area contributed by atoms with Gasteiger partial charge in [0.15, 0.2) is 0 Å². The molecule has 0 fully saturated rings. The lowest BCUT2D eigenvalue weighted by molar-refractivity contribution is -0.152. The summed E-state index contributed by atoms with van der Waals surface area (Å²) in [7, 11) is 0. The first-order chi connectivity index (χ1) is 9.46. The zero-order valence-corrected chi connectivity index (χ0v) is 12.0. The second kappa shape index (κ2) is 5.36. The molecule has 5 nitrogen and oxygen atoms in total. The fraction of sp³-hybridized carbons (Fsp3) is 0.333. The van der Waals surface area contributed by atoms with E-state index in [0.29, 0.717) is 18.1 Å². The third-order valence-electron chi connectivity index (χ3n) is 3.16. The van der Waals surface area contributed by atoms with E-state index in [9.17, 15) is 4.79 Å². The molecule has 0 aliphatic carbocycles. The molecule has 1 aromatic heterocycles. The van der Waals surface area contributed by atoms with E-state index in [1.807, 2.05) is 38.1 Å². The van der Waals surface area contributed by atoms with Gasteiger partial charge in [0, 0.05) is 23.6 Å². The maximum Gasteiger partial charge on any atom is 0.331 e. The number of esters is 1. The van der Waals surface area contributed by atoms with Gasteiger partial charge in [0.2, 0.25) is 0 Å². The van der Waals surface area contributed by atoms with Crippen LogP contribution in [0.15, 0.2) is 36.7 Å². The molecule has 0 saturated carbocycles. The van der Waals surface area contributed by atoms with E-state index in [0.717, 1.165) is 5.56 Å². The van der Waals surface area contributed by atoms with Crippen LogP contribution in [0.3, 0.4) is 0 Å². The maximum absolute atomic E-state index is 12.1. The van der Waals surface area contributed by atoms with Gasteiger partial charge in [-0.05, 0) is 32.9 Å². The number of nitrogens with two attached hydrogens (primary N) is 1. The highest BCUT2D eigenvalue weighted by Gasteiger charge is 2.33. The molecule has 1 aromatic carbocycles. The molecule has 0 aliphatic heterocycles. The number of nitrogens with zero attached hydrogens (tertiary/aromatic N) is 2. The average molecular weight is 273 g/mol. The maximum atomic E-state index is 12.1. The van der Waals surface area contributed by atoms with Crippen LogP contribution in [0.1, 0.15) is 20.8 Å². The average Bonchev–Trinajstić information content (AvgIpc) is 2.88. The summed E-state index contributed by atoms with van der Waals surface area (Å²) in [6, 6.07) is 7.42. The number of aromatic nitrogens is 2. The smallest absolute Gasteiger partial charge is 0.331 e. The standard InChI is InChI=1S/C15H19N3O2/c1-4-20-14(19)15(2,3)18-9-8-17-13(18)11-6-5-7-12(16)10-11/h5-10H,4,16H2,1-3H3. The van der Waals surface area contributed by atoms with E-state index in [4.69, 9.17) is 10.5 Å². The molecule has 1 heterocycles. The van der Waals surface area contributed by atoms with Crippen LogP contribution in [0.4, 0.5) is 5.69 Å². The minimum atomic E-state index is -0.827. The Morgan fingerprint density at radius 1 is 1.45 bits per heavy atom. The number of rotatable bonds is 4. The molecule has 0 unspecified atom stereocenters. The molecule has 0 amide bonds. The minimum absolute atomic E-state index is 0.289. The molecule has 0 bridgehead atoms. The number of imidazole rings is 1. The topological polar surface area (TPSA) is 70.1 Å². The summed E-state index contributed by atoms with van der Waals surface area (Å²) in [6.07, 6.45) is 3.44. The largest absolute Gasteiger partial charge is 0.464 e. The number of carbonyl (C=O) groups is 1. The summed E-state index contributed by atoms with van der Waals surface area (Å²) in [5.41, 5.74) is 6.50. The van der Waals surface area contributed by atoms with Gasteiger partial charge in [-0.3, -0.25) is 0 Å². The van der Waals surface area contributed by atoms with Crippen molar-refractivity contribution < 1.29 is 9.53 Å². The summed E-state index contributed by atoms with van der Waals surface area (Å²) < 4.78 is 6.94. The van der Waals surface area contributed by atoms with Crippen molar-refractivity contribution in [3.05, 3.63) is 36.7 Å². The Balaban J connectivity index is 2.45. The molecule has 106 valence electrons. The van der Waals surface area contributed by atoms with Crippen LogP contribution >= 0.6 is 0 Å². The molecule has 5 heteroatoms. The number of hydrogen-bond donors (Lipinski definition) is 1. The second-order valence-corrected chi connectivity index (χ2v) is 5.03. The van der Waals surface area contributed by atoms with Gasteiger partial charge in [0.1, 0.15) is 11.4 Å². The van der Waals surface area contributed by atoms with Crippen LogP contribution in [-0.4, -0.2) is 22.1 Å². The van der Waals surface area contributed by atoms with Crippen LogP contribution in [0.2, 0.25) is 0 Å². The highest BCUT2D eigenvalue weighted by Crippen LogP contribution is 2.27. The molecule has 2 rings (SSSR count). The van der Waals surface area contributed by atoms with Gasteiger partial charge in [-0.2, -0.15) is 0 Å². The highest BCUT2D eigenvalue weighted by molar-refractivity contribution is 5.79. The minimum Gasteiger partial charge on any atom is -0.464 e. The van der Waals surface area contributed by atoms with Gasteiger partial charge >= 0.3 is 5.97 Å². The van der Waals surface area contributed by atoms with Crippen molar-refractivity contribution in [3.8, 4) is 11.4 Å². The van der Waals surface area contributed by atoms with Crippen LogP contribution in [0, 0.1) is 0 Å². The second-order valence-electron chi connectivity index (χ2n) is 5.03. The van der Waals surface area contributed by atoms with Crippen LogP contribution in [0.5, 0.6) is 0 Å². The molecule has 2 aromatic rings. The van der Waals surface area contributed by atoms with E-state index in [-0.39, 0.29) is 5.97 Å². The van der Waals surface area contributed by atoms with Gasteiger partial charge < -0.3 is 15.0 Å². The lowest BCUT2D eigenvalue weighted by Crippen LogP contribution is -2.37. The SMILES string of the molecule is CCOC(=O)C(C)(C)n1ccnc1-c1cccc(N)c1. The molecule has 0 spiro atoms. The Kier molecular flexibility index (Phi) is 3.79. The van der Waals surface area contributed by atoms with Gasteiger partial charge in [-0.25, -0.2) is 9.78 Å². The lowest BCUT2D eigenvalue weighted by Gasteiger charge is -2.26. The van der Waals surface area contributed by atoms with E-state index in [1.54, 1.807) is 23.9 Å². The number of benzene rings is 1. The van der Waals surface area contributed by atoms with Crippen LogP contribution in [0.25, 0.3) is 11.4 Å². The van der Waals surface area contributed by atoms with Gasteiger partial charge in [-0.15, -0.1) is 0 Å². The highest BCUT2D eigenvalue weighted by atomic mass is 16.5. The van der Waals surface area contributed by atoms with Crippen molar-refractivity contribution in [1.82, 2.24) is 9.55 Å². The monoisotopic (exact) mass is 273 g/mol. The molecular formula is C15H19N3O2. The van der Waals surface area contributed by atoms with E-state index in [2.05, 4.69) is 4.98 Å². The number of hydrogen-bond acceptors (Lipinski definition) is 4. The van der Waals surface area contributed by atoms with Crippen LogP contribution < -0.4 is 5.73 Å². The Labute approximate surface area is 118 Å². The summed E-state index contributed by atoms with van der Waals surface area (Å²) in [5, 5.41) is 0. The fourth-order valence-electron chi connectivity index (χ4n) is 2.05. The Hall–Kier alpha value is -2.30. The first-order valence-corrected chi connectivity index (χ1v) is 6.53. The molecule has 20 heavy (non-hydrogen) atoms. The predicted octanol–water partition coefficient (Wildman–Crippen LogP) is 2.43. The molecule has 0 saturated heterocycles. The summed E-state index contributed by atoms with van der Waals surface area (Å²) in [5.74, 6) is 0.401. The van der Waals surface area contributed by atoms with Crippen molar-refractivity contribution >= 4 is 11.7 Å². The number of nitrogen functional groups attached to an aromatic ring is 1. The summed E-state index contributed by atoms with van der Waals surface area (Å²) in [6.45, 7) is 5.76. The molecule has 2 N–H and O–H groups in total. The Morgan fingerprint density at radius 2 is 2.20 bits per heavy atom. The van der Waals surface area contributed by atoms with E-state index >= 15 is 0 Å². The Morgan fingerprint density at radius 3 is 2.85 bits per heavy atom. The van der Waals surface area contributed by atoms with Crippen molar-refractivity contribution in [1.29, 1.82) is 0 Å². The van der Waals surface area contributed by atoms with Crippen molar-refractivity contribution in [2.45, 2.75) is 26.3 Å². The first-order valence-electron chi connectivity index (χ1n) is 6.53. The third-order valence-corrected chi connectivity index (χ3v) is 3.16. The predicted molar refractivity (Wildman–Crippen MR) is 78.0 cm³/mol.